The molecule has 1 heterocycles. The van der Waals surface area contributed by atoms with Crippen LogP contribution in [0.4, 0.5) is 0 Å². The largest absolute Gasteiger partial charge is 0.377 e. The molecule has 5 atom stereocenters. The predicted molar refractivity (Wildman–Crippen MR) is 70.4 cm³/mol. The molecule has 2 aliphatic rings. The molecule has 17 heavy (non-hydrogen) atoms. The van der Waals surface area contributed by atoms with Crippen LogP contribution in [0.3, 0.4) is 0 Å². The van der Waals surface area contributed by atoms with Gasteiger partial charge in [0.1, 0.15) is 6.23 Å². The van der Waals surface area contributed by atoms with Crippen molar-refractivity contribution in [3.63, 3.8) is 0 Å². The van der Waals surface area contributed by atoms with Gasteiger partial charge in [0.05, 0.1) is 0 Å². The zero-order valence-corrected chi connectivity index (χ0v) is 11.7. The molecular formula is C14H28N2O. The number of nitrogens with zero attached hydrogens (tertiary/aromatic N) is 1. The van der Waals surface area contributed by atoms with Crippen LogP contribution in [0.1, 0.15) is 47.0 Å². The first-order valence-corrected chi connectivity index (χ1v) is 7.01. The normalized spacial score (nSPS) is 38.1. The van der Waals surface area contributed by atoms with Crippen LogP contribution in [0.25, 0.3) is 0 Å². The number of rotatable bonds is 2. The molecule has 3 heteroatoms. The van der Waals surface area contributed by atoms with Crippen molar-refractivity contribution >= 4 is 0 Å². The Bertz CT molecular complexity index is 274. The van der Waals surface area contributed by atoms with E-state index in [4.69, 9.17) is 5.73 Å². The molecular weight excluding hydrogens is 212 g/mol. The maximum atomic E-state index is 10.5. The summed E-state index contributed by atoms with van der Waals surface area (Å²) in [6, 6.07) is 0.315. The molecule has 0 bridgehead atoms. The maximum absolute atomic E-state index is 10.5. The van der Waals surface area contributed by atoms with Gasteiger partial charge in [-0.3, -0.25) is 4.90 Å². The highest BCUT2D eigenvalue weighted by atomic mass is 16.3. The lowest BCUT2D eigenvalue weighted by Gasteiger charge is -2.38. The van der Waals surface area contributed by atoms with Crippen LogP contribution < -0.4 is 5.73 Å². The Morgan fingerprint density at radius 2 is 1.94 bits per heavy atom. The molecule has 5 unspecified atom stereocenters. The van der Waals surface area contributed by atoms with E-state index in [0.29, 0.717) is 6.04 Å². The van der Waals surface area contributed by atoms with E-state index >= 15 is 0 Å². The molecule has 0 radical (unpaired) electrons. The molecule has 0 amide bonds. The summed E-state index contributed by atoms with van der Waals surface area (Å²) in [5, 5.41) is 10.5. The smallest absolute Gasteiger partial charge is 0.123 e. The Kier molecular flexibility index (Phi) is 3.54. The van der Waals surface area contributed by atoms with Gasteiger partial charge in [-0.25, -0.2) is 0 Å². The quantitative estimate of drug-likeness (QED) is 0.774. The van der Waals surface area contributed by atoms with Gasteiger partial charge in [-0.1, -0.05) is 27.2 Å². The van der Waals surface area contributed by atoms with E-state index in [1.54, 1.807) is 0 Å². The SMILES string of the molecule is CC1C2CCCC2CN1C(O)C(N)C(C)(C)C. The summed E-state index contributed by atoms with van der Waals surface area (Å²) in [7, 11) is 0. The molecule has 3 nitrogen and oxygen atoms in total. The molecule has 0 aromatic rings. The number of fused-ring (bicyclic) bond motifs is 1. The van der Waals surface area contributed by atoms with Gasteiger partial charge >= 0.3 is 0 Å². The highest BCUT2D eigenvalue weighted by Gasteiger charge is 2.46. The first-order chi connectivity index (χ1) is 7.82. The molecule has 1 saturated heterocycles. The highest BCUT2D eigenvalue weighted by Crippen LogP contribution is 2.43. The monoisotopic (exact) mass is 240 g/mol. The number of hydrogen-bond donors (Lipinski definition) is 2. The lowest BCUT2D eigenvalue weighted by atomic mass is 9.85. The van der Waals surface area contributed by atoms with Gasteiger partial charge in [-0.05, 0) is 37.0 Å². The van der Waals surface area contributed by atoms with Gasteiger partial charge in [-0.2, -0.15) is 0 Å². The third-order valence-corrected chi connectivity index (χ3v) is 4.97. The fraction of sp³-hybridized carbons (Fsp3) is 1.00. The molecule has 100 valence electrons. The van der Waals surface area contributed by atoms with Crippen molar-refractivity contribution < 1.29 is 5.11 Å². The third-order valence-electron chi connectivity index (χ3n) is 4.97. The van der Waals surface area contributed by atoms with Crippen molar-refractivity contribution in [3.8, 4) is 0 Å². The van der Waals surface area contributed by atoms with Gasteiger partial charge in [0.15, 0.2) is 0 Å². The number of likely N-dealkylation sites (tertiary alicyclic amines) is 1. The fourth-order valence-corrected chi connectivity index (χ4v) is 3.61. The molecule has 1 saturated carbocycles. The van der Waals surface area contributed by atoms with Gasteiger partial charge in [-0.15, -0.1) is 0 Å². The number of hydrogen-bond acceptors (Lipinski definition) is 3. The van der Waals surface area contributed by atoms with Crippen LogP contribution in [-0.4, -0.2) is 34.9 Å². The van der Waals surface area contributed by atoms with E-state index in [1.165, 1.54) is 19.3 Å². The van der Waals surface area contributed by atoms with E-state index < -0.39 is 6.23 Å². The van der Waals surface area contributed by atoms with Crippen molar-refractivity contribution in [1.29, 1.82) is 0 Å². The standard InChI is InChI=1S/C14H28N2O/c1-9-11-7-5-6-10(11)8-16(9)13(17)12(15)14(2,3)4/h9-13,17H,5-8,15H2,1-4H3. The van der Waals surface area contributed by atoms with Crippen LogP contribution in [0.5, 0.6) is 0 Å². The van der Waals surface area contributed by atoms with Gasteiger partial charge in [0.25, 0.3) is 0 Å². The first-order valence-electron chi connectivity index (χ1n) is 7.01. The topological polar surface area (TPSA) is 49.5 Å². The van der Waals surface area contributed by atoms with Crippen molar-refractivity contribution in [2.24, 2.45) is 23.0 Å². The second-order valence-corrected chi connectivity index (χ2v) is 7.10. The van der Waals surface area contributed by atoms with Gasteiger partial charge in [0, 0.05) is 18.6 Å². The third kappa shape index (κ3) is 2.38. The zero-order chi connectivity index (χ0) is 12.8. The van der Waals surface area contributed by atoms with Crippen LogP contribution in [0.15, 0.2) is 0 Å². The lowest BCUT2D eigenvalue weighted by molar-refractivity contribution is -0.0495. The Labute approximate surface area is 105 Å². The van der Waals surface area contributed by atoms with Crippen molar-refractivity contribution in [1.82, 2.24) is 4.90 Å². The van der Waals surface area contributed by atoms with Crippen LogP contribution in [0.2, 0.25) is 0 Å². The molecule has 0 aromatic heterocycles. The second-order valence-electron chi connectivity index (χ2n) is 7.10. The average Bonchev–Trinajstić information content (AvgIpc) is 2.78. The molecule has 0 aromatic carbocycles. The molecule has 0 spiro atoms. The van der Waals surface area contributed by atoms with Crippen molar-refractivity contribution in [2.75, 3.05) is 6.54 Å². The summed E-state index contributed by atoms with van der Waals surface area (Å²) in [5.74, 6) is 1.59. The van der Waals surface area contributed by atoms with Crippen LogP contribution >= 0.6 is 0 Å². The summed E-state index contributed by atoms with van der Waals surface area (Å²) in [6.45, 7) is 9.60. The first kappa shape index (κ1) is 13.3. The highest BCUT2D eigenvalue weighted by molar-refractivity contribution is 4.97. The Morgan fingerprint density at radius 3 is 2.47 bits per heavy atom. The number of aliphatic hydroxyl groups excluding tert-OH is 1. The van der Waals surface area contributed by atoms with E-state index in [2.05, 4.69) is 32.6 Å². The summed E-state index contributed by atoms with van der Waals surface area (Å²) in [4.78, 5) is 2.24. The Hall–Kier alpha value is -0.120. The summed E-state index contributed by atoms with van der Waals surface area (Å²) in [6.07, 6.45) is 3.55. The minimum atomic E-state index is -0.490. The van der Waals surface area contributed by atoms with Crippen LogP contribution in [0, 0.1) is 17.3 Å². The van der Waals surface area contributed by atoms with Crippen molar-refractivity contribution in [2.45, 2.75) is 65.3 Å². The van der Waals surface area contributed by atoms with Crippen LogP contribution in [-0.2, 0) is 0 Å². The van der Waals surface area contributed by atoms with E-state index in [9.17, 15) is 5.11 Å². The maximum Gasteiger partial charge on any atom is 0.123 e. The predicted octanol–water partition coefficient (Wildman–Crippen LogP) is 1.80. The number of aliphatic hydroxyl groups is 1. The lowest BCUT2D eigenvalue weighted by Crippen LogP contribution is -2.55. The second kappa shape index (κ2) is 4.52. The van der Waals surface area contributed by atoms with Gasteiger partial charge in [0.2, 0.25) is 0 Å². The summed E-state index contributed by atoms with van der Waals surface area (Å²) in [5.41, 5.74) is 6.15. The molecule has 2 rings (SSSR count). The minimum absolute atomic E-state index is 0.0448. The summed E-state index contributed by atoms with van der Waals surface area (Å²) >= 11 is 0. The molecule has 3 N–H and O–H groups in total. The molecule has 1 aliphatic heterocycles. The Morgan fingerprint density at radius 1 is 1.29 bits per heavy atom. The Balaban J connectivity index is 2.04. The van der Waals surface area contributed by atoms with E-state index in [0.717, 1.165) is 18.4 Å². The van der Waals surface area contributed by atoms with Gasteiger partial charge < -0.3 is 10.8 Å². The number of nitrogens with two attached hydrogens (primary N) is 1. The van der Waals surface area contributed by atoms with E-state index in [1.807, 2.05) is 0 Å². The summed E-state index contributed by atoms with van der Waals surface area (Å²) < 4.78 is 0. The molecule has 2 fully saturated rings. The zero-order valence-electron chi connectivity index (χ0n) is 11.7. The average molecular weight is 240 g/mol. The fourth-order valence-electron chi connectivity index (χ4n) is 3.61. The van der Waals surface area contributed by atoms with Crippen molar-refractivity contribution in [3.05, 3.63) is 0 Å². The van der Waals surface area contributed by atoms with E-state index in [-0.39, 0.29) is 11.5 Å². The molecule has 1 aliphatic carbocycles. The minimum Gasteiger partial charge on any atom is -0.377 e.